The van der Waals surface area contributed by atoms with Gasteiger partial charge >= 0.3 is 5.97 Å². The zero-order valence-electron chi connectivity index (χ0n) is 7.14. The summed E-state index contributed by atoms with van der Waals surface area (Å²) < 4.78 is 0. The van der Waals surface area contributed by atoms with Gasteiger partial charge in [0.1, 0.15) is 0 Å². The van der Waals surface area contributed by atoms with E-state index in [-0.39, 0.29) is 12.5 Å². The van der Waals surface area contributed by atoms with Gasteiger partial charge in [-0.15, -0.1) is 5.10 Å². The zero-order valence-corrected chi connectivity index (χ0v) is 7.14. The Balaban J connectivity index is 2.45. The first-order valence-electron chi connectivity index (χ1n) is 3.80. The molecule has 2 N–H and O–H groups in total. The van der Waals surface area contributed by atoms with Gasteiger partial charge in [0.15, 0.2) is 0 Å². The van der Waals surface area contributed by atoms with Gasteiger partial charge in [0.05, 0.1) is 18.8 Å². The first-order valence-corrected chi connectivity index (χ1v) is 3.80. The quantitative estimate of drug-likeness (QED) is 0.688. The fourth-order valence-corrected chi connectivity index (χ4v) is 0.847. The van der Waals surface area contributed by atoms with Gasteiger partial charge in [-0.25, -0.2) is 4.98 Å². The lowest BCUT2D eigenvalue weighted by molar-refractivity contribution is -0.137. The lowest BCUT2D eigenvalue weighted by Gasteiger charge is -2.09. The van der Waals surface area contributed by atoms with Crippen molar-refractivity contribution in [1.82, 2.24) is 15.2 Å². The molecule has 13 heavy (non-hydrogen) atoms. The molecular weight excluding hydrogens is 172 g/mol. The van der Waals surface area contributed by atoms with E-state index < -0.39 is 5.97 Å². The first-order chi connectivity index (χ1) is 6.18. The third-order valence-electron chi connectivity index (χ3n) is 1.34. The molecule has 0 bridgehead atoms. The molecule has 1 aromatic rings. The standard InChI is InChI=1S/C7H10N4O2/c1-5(4-6(12)13)10-7-8-2-3-9-11-7/h2-3,5H,4H2,1H3,(H,12,13)(H,8,10,11). The highest BCUT2D eigenvalue weighted by Crippen LogP contribution is 1.99. The van der Waals surface area contributed by atoms with Crippen molar-refractivity contribution in [2.45, 2.75) is 19.4 Å². The minimum Gasteiger partial charge on any atom is -0.481 e. The van der Waals surface area contributed by atoms with E-state index in [1.165, 1.54) is 12.4 Å². The molecule has 0 aliphatic rings. The average Bonchev–Trinajstić information content (AvgIpc) is 2.04. The summed E-state index contributed by atoms with van der Waals surface area (Å²) in [6.07, 6.45) is 2.97. The Bertz CT molecular complexity index is 277. The summed E-state index contributed by atoms with van der Waals surface area (Å²) in [6, 6.07) is -0.207. The Morgan fingerprint density at radius 2 is 2.46 bits per heavy atom. The highest BCUT2D eigenvalue weighted by atomic mass is 16.4. The van der Waals surface area contributed by atoms with Crippen LogP contribution in [0.2, 0.25) is 0 Å². The van der Waals surface area contributed by atoms with Crippen molar-refractivity contribution in [2.24, 2.45) is 0 Å². The van der Waals surface area contributed by atoms with E-state index in [9.17, 15) is 4.79 Å². The van der Waals surface area contributed by atoms with Crippen LogP contribution in [0.3, 0.4) is 0 Å². The van der Waals surface area contributed by atoms with Crippen molar-refractivity contribution in [2.75, 3.05) is 5.32 Å². The highest BCUT2D eigenvalue weighted by molar-refractivity contribution is 5.67. The lowest BCUT2D eigenvalue weighted by atomic mass is 10.2. The summed E-state index contributed by atoms with van der Waals surface area (Å²) in [5, 5.41) is 18.5. The largest absolute Gasteiger partial charge is 0.481 e. The van der Waals surface area contributed by atoms with Gasteiger partial charge in [0.25, 0.3) is 0 Å². The smallest absolute Gasteiger partial charge is 0.305 e. The molecule has 1 heterocycles. The van der Waals surface area contributed by atoms with Gasteiger partial charge in [-0.3, -0.25) is 4.79 Å². The van der Waals surface area contributed by atoms with Crippen molar-refractivity contribution in [3.05, 3.63) is 12.4 Å². The molecule has 0 radical (unpaired) electrons. The monoisotopic (exact) mass is 182 g/mol. The van der Waals surface area contributed by atoms with E-state index in [4.69, 9.17) is 5.11 Å². The Morgan fingerprint density at radius 1 is 1.69 bits per heavy atom. The Labute approximate surface area is 75.0 Å². The topological polar surface area (TPSA) is 88.0 Å². The molecule has 1 unspecified atom stereocenters. The normalized spacial score (nSPS) is 12.1. The second kappa shape index (κ2) is 4.34. The third kappa shape index (κ3) is 3.46. The van der Waals surface area contributed by atoms with E-state index in [1.807, 2.05) is 0 Å². The molecule has 1 atom stereocenters. The van der Waals surface area contributed by atoms with Crippen LogP contribution >= 0.6 is 0 Å². The molecule has 70 valence electrons. The van der Waals surface area contributed by atoms with Crippen molar-refractivity contribution >= 4 is 11.9 Å². The van der Waals surface area contributed by atoms with Crippen LogP contribution in [0.4, 0.5) is 5.95 Å². The van der Waals surface area contributed by atoms with Crippen LogP contribution in [-0.4, -0.2) is 32.3 Å². The molecule has 6 heteroatoms. The van der Waals surface area contributed by atoms with Gasteiger partial charge in [-0.05, 0) is 6.92 Å². The molecule has 0 aliphatic heterocycles. The summed E-state index contributed by atoms with van der Waals surface area (Å²) in [7, 11) is 0. The van der Waals surface area contributed by atoms with Crippen LogP contribution in [0.15, 0.2) is 12.4 Å². The number of carboxylic acid groups (broad SMARTS) is 1. The van der Waals surface area contributed by atoms with Crippen LogP contribution in [0.1, 0.15) is 13.3 Å². The Morgan fingerprint density at radius 3 is 3.00 bits per heavy atom. The van der Waals surface area contributed by atoms with Gasteiger partial charge in [-0.1, -0.05) is 0 Å². The number of nitrogens with zero attached hydrogens (tertiary/aromatic N) is 3. The minimum absolute atomic E-state index is 0.0260. The second-order valence-corrected chi connectivity index (χ2v) is 2.61. The maximum Gasteiger partial charge on any atom is 0.305 e. The number of nitrogens with one attached hydrogen (secondary N) is 1. The number of anilines is 1. The SMILES string of the molecule is CC(CC(=O)O)Nc1nccnn1. The van der Waals surface area contributed by atoms with E-state index in [1.54, 1.807) is 6.92 Å². The summed E-state index contributed by atoms with van der Waals surface area (Å²) in [6.45, 7) is 1.74. The van der Waals surface area contributed by atoms with Crippen LogP contribution in [-0.2, 0) is 4.79 Å². The number of aromatic nitrogens is 3. The molecule has 1 rings (SSSR count). The van der Waals surface area contributed by atoms with Gasteiger partial charge in [0.2, 0.25) is 5.95 Å². The number of rotatable bonds is 4. The molecule has 0 amide bonds. The van der Waals surface area contributed by atoms with Crippen molar-refractivity contribution in [1.29, 1.82) is 0 Å². The van der Waals surface area contributed by atoms with Gasteiger partial charge < -0.3 is 10.4 Å². The number of aliphatic carboxylic acids is 1. The van der Waals surface area contributed by atoms with Crippen LogP contribution in [0.25, 0.3) is 0 Å². The fraction of sp³-hybridized carbons (Fsp3) is 0.429. The van der Waals surface area contributed by atoms with Crippen molar-refractivity contribution < 1.29 is 9.90 Å². The molecule has 0 aliphatic carbocycles. The molecule has 0 aromatic carbocycles. The number of carbonyl (C=O) groups is 1. The summed E-state index contributed by atoms with van der Waals surface area (Å²) in [5.74, 6) is -0.514. The van der Waals surface area contributed by atoms with Crippen molar-refractivity contribution in [3.8, 4) is 0 Å². The van der Waals surface area contributed by atoms with Crippen LogP contribution in [0.5, 0.6) is 0 Å². The summed E-state index contributed by atoms with van der Waals surface area (Å²) >= 11 is 0. The van der Waals surface area contributed by atoms with E-state index in [0.29, 0.717) is 5.95 Å². The molecule has 1 aromatic heterocycles. The second-order valence-electron chi connectivity index (χ2n) is 2.61. The van der Waals surface area contributed by atoms with E-state index in [2.05, 4.69) is 20.5 Å². The molecule has 0 fully saturated rings. The van der Waals surface area contributed by atoms with E-state index >= 15 is 0 Å². The molecule has 0 saturated heterocycles. The predicted octanol–water partition coefficient (Wildman–Crippen LogP) is 0.147. The number of hydrogen-bond donors (Lipinski definition) is 2. The van der Waals surface area contributed by atoms with Gasteiger partial charge in [-0.2, -0.15) is 5.10 Å². The highest BCUT2D eigenvalue weighted by Gasteiger charge is 2.07. The third-order valence-corrected chi connectivity index (χ3v) is 1.34. The maximum atomic E-state index is 10.3. The lowest BCUT2D eigenvalue weighted by Crippen LogP contribution is -2.20. The Hall–Kier alpha value is -1.72. The van der Waals surface area contributed by atoms with Crippen LogP contribution < -0.4 is 5.32 Å². The number of hydrogen-bond acceptors (Lipinski definition) is 5. The maximum absolute atomic E-state index is 10.3. The van der Waals surface area contributed by atoms with Crippen molar-refractivity contribution in [3.63, 3.8) is 0 Å². The predicted molar refractivity (Wildman–Crippen MR) is 45.2 cm³/mol. The van der Waals surface area contributed by atoms with Crippen LogP contribution in [0, 0.1) is 0 Å². The number of carboxylic acids is 1. The molecule has 0 saturated carbocycles. The zero-order chi connectivity index (χ0) is 9.68. The first kappa shape index (κ1) is 9.37. The molecular formula is C7H10N4O2. The molecule has 0 spiro atoms. The van der Waals surface area contributed by atoms with Gasteiger partial charge in [0, 0.05) is 6.04 Å². The van der Waals surface area contributed by atoms with E-state index in [0.717, 1.165) is 0 Å². The summed E-state index contributed by atoms with van der Waals surface area (Å²) in [5.41, 5.74) is 0. The fourth-order valence-electron chi connectivity index (χ4n) is 0.847. The average molecular weight is 182 g/mol. The Kier molecular flexibility index (Phi) is 3.13. The molecule has 6 nitrogen and oxygen atoms in total. The minimum atomic E-state index is -0.858. The summed E-state index contributed by atoms with van der Waals surface area (Å²) in [4.78, 5) is 14.2.